The van der Waals surface area contributed by atoms with E-state index in [1.54, 1.807) is 22.7 Å². The predicted octanol–water partition coefficient (Wildman–Crippen LogP) is 5.45. The first-order valence-corrected chi connectivity index (χ1v) is 9.49. The van der Waals surface area contributed by atoms with Crippen LogP contribution in [0.25, 0.3) is 20.4 Å². The van der Waals surface area contributed by atoms with Crippen LogP contribution in [0.4, 0.5) is 5.69 Å². The molecular weight excluding hydrogens is 338 g/mol. The third-order valence-electron chi connectivity index (χ3n) is 3.96. The average molecular weight is 355 g/mol. The molecule has 0 fully saturated rings. The topological polar surface area (TPSA) is 46.9 Å². The van der Waals surface area contributed by atoms with Gasteiger partial charge in [-0.3, -0.25) is 4.79 Å². The molecule has 0 saturated carbocycles. The number of amides is 1. The van der Waals surface area contributed by atoms with Gasteiger partial charge in [-0.05, 0) is 56.5 Å². The Hall–Kier alpha value is -2.18. The fourth-order valence-corrected chi connectivity index (χ4v) is 4.67. The minimum absolute atomic E-state index is 0.0762. The van der Waals surface area contributed by atoms with Crippen LogP contribution in [-0.4, -0.2) is 15.5 Å². The van der Waals surface area contributed by atoms with Crippen LogP contribution < -0.4 is 5.32 Å². The minimum atomic E-state index is -0.0762. The molecule has 0 bridgehead atoms. The number of fused-ring (bicyclic) bond motifs is 2. The van der Waals surface area contributed by atoms with Gasteiger partial charge < -0.3 is 9.88 Å². The molecule has 0 saturated heterocycles. The van der Waals surface area contributed by atoms with Crippen molar-refractivity contribution in [1.29, 1.82) is 0 Å². The van der Waals surface area contributed by atoms with E-state index in [-0.39, 0.29) is 11.9 Å². The number of thiophene rings is 1. The molecule has 4 nitrogen and oxygen atoms in total. The molecule has 0 atom stereocenters. The minimum Gasteiger partial charge on any atom is -0.333 e. The lowest BCUT2D eigenvalue weighted by atomic mass is 10.2. The molecule has 0 aliphatic heterocycles. The van der Waals surface area contributed by atoms with Crippen molar-refractivity contribution in [3.8, 4) is 0 Å². The van der Waals surface area contributed by atoms with Gasteiger partial charge in [-0.2, -0.15) is 0 Å². The van der Waals surface area contributed by atoms with Gasteiger partial charge in [-0.25, -0.2) is 4.98 Å². The molecule has 0 aliphatic rings. The van der Waals surface area contributed by atoms with Gasteiger partial charge >= 0.3 is 0 Å². The van der Waals surface area contributed by atoms with E-state index in [1.807, 2.05) is 31.2 Å². The third kappa shape index (κ3) is 2.52. The lowest BCUT2D eigenvalue weighted by Gasteiger charge is -2.14. The molecule has 24 heavy (non-hydrogen) atoms. The van der Waals surface area contributed by atoms with Crippen molar-refractivity contribution >= 4 is 54.7 Å². The monoisotopic (exact) mass is 355 g/mol. The molecule has 3 heterocycles. The van der Waals surface area contributed by atoms with Gasteiger partial charge in [0.15, 0.2) is 0 Å². The van der Waals surface area contributed by atoms with Crippen molar-refractivity contribution in [2.24, 2.45) is 0 Å². The molecule has 1 N–H and O–H groups in total. The number of nitrogens with one attached hydrogen (secondary N) is 1. The number of anilines is 1. The van der Waals surface area contributed by atoms with Gasteiger partial charge in [0.05, 0.1) is 25.4 Å². The van der Waals surface area contributed by atoms with E-state index < -0.39 is 0 Å². The summed E-state index contributed by atoms with van der Waals surface area (Å²) in [6.07, 6.45) is 0. The first-order valence-electron chi connectivity index (χ1n) is 7.80. The van der Waals surface area contributed by atoms with Gasteiger partial charge in [-0.1, -0.05) is 0 Å². The van der Waals surface area contributed by atoms with Gasteiger partial charge in [-0.15, -0.1) is 22.7 Å². The molecule has 1 amide bonds. The number of carbonyl (C=O) groups is 1. The highest BCUT2D eigenvalue weighted by atomic mass is 32.1. The Labute approximate surface area is 147 Å². The maximum Gasteiger partial charge on any atom is 0.272 e. The molecule has 122 valence electrons. The van der Waals surface area contributed by atoms with Crippen molar-refractivity contribution in [2.75, 3.05) is 5.32 Å². The number of nitrogens with zero attached hydrogens (tertiary/aromatic N) is 2. The summed E-state index contributed by atoms with van der Waals surface area (Å²) in [7, 11) is 0. The molecule has 3 aromatic heterocycles. The van der Waals surface area contributed by atoms with Gasteiger partial charge in [0.25, 0.3) is 5.91 Å². The van der Waals surface area contributed by atoms with Crippen LogP contribution >= 0.6 is 22.7 Å². The summed E-state index contributed by atoms with van der Waals surface area (Å²) in [4.78, 5) is 17.3. The second-order valence-electron chi connectivity index (χ2n) is 6.03. The summed E-state index contributed by atoms with van der Waals surface area (Å²) >= 11 is 3.30. The van der Waals surface area contributed by atoms with Gasteiger partial charge in [0, 0.05) is 11.7 Å². The maximum atomic E-state index is 12.8. The number of hydrogen-bond acceptors (Lipinski definition) is 4. The fraction of sp³-hybridized carbons (Fsp3) is 0.222. The Kier molecular flexibility index (Phi) is 3.66. The van der Waals surface area contributed by atoms with Crippen molar-refractivity contribution in [3.63, 3.8) is 0 Å². The van der Waals surface area contributed by atoms with Crippen LogP contribution in [0, 0.1) is 6.92 Å². The summed E-state index contributed by atoms with van der Waals surface area (Å²) in [5.74, 6) is -0.0762. The largest absolute Gasteiger partial charge is 0.333 e. The van der Waals surface area contributed by atoms with E-state index in [9.17, 15) is 4.79 Å². The maximum absolute atomic E-state index is 12.8. The highest BCUT2D eigenvalue weighted by Gasteiger charge is 2.18. The number of aromatic nitrogens is 2. The van der Waals surface area contributed by atoms with Crippen LogP contribution in [0.15, 0.2) is 35.7 Å². The Morgan fingerprint density at radius 2 is 2.04 bits per heavy atom. The van der Waals surface area contributed by atoms with E-state index in [1.165, 1.54) is 0 Å². The first kappa shape index (κ1) is 15.4. The lowest BCUT2D eigenvalue weighted by Crippen LogP contribution is -2.18. The number of carbonyl (C=O) groups excluding carboxylic acids is 1. The van der Waals surface area contributed by atoms with Crippen molar-refractivity contribution < 1.29 is 4.79 Å². The molecule has 0 aliphatic carbocycles. The van der Waals surface area contributed by atoms with Crippen molar-refractivity contribution in [1.82, 2.24) is 9.55 Å². The smallest absolute Gasteiger partial charge is 0.272 e. The predicted molar refractivity (Wildman–Crippen MR) is 103 cm³/mol. The number of aryl methyl sites for hydroxylation is 1. The fourth-order valence-electron chi connectivity index (χ4n) is 2.99. The molecule has 0 spiro atoms. The van der Waals surface area contributed by atoms with Crippen LogP contribution in [0.3, 0.4) is 0 Å². The average Bonchev–Trinajstić information content (AvgIpc) is 3.17. The summed E-state index contributed by atoms with van der Waals surface area (Å²) < 4.78 is 4.32. The van der Waals surface area contributed by atoms with E-state index in [2.05, 4.69) is 40.2 Å². The number of thiazole rings is 1. The number of rotatable bonds is 3. The summed E-state index contributed by atoms with van der Waals surface area (Å²) in [5, 5.41) is 6.12. The lowest BCUT2D eigenvalue weighted by molar-refractivity contribution is 0.101. The second kappa shape index (κ2) is 5.72. The van der Waals surface area contributed by atoms with Gasteiger partial charge in [0.2, 0.25) is 0 Å². The highest BCUT2D eigenvalue weighted by molar-refractivity contribution is 7.18. The number of hydrogen-bond donors (Lipinski definition) is 1. The Balaban J connectivity index is 1.70. The Morgan fingerprint density at radius 3 is 2.83 bits per heavy atom. The van der Waals surface area contributed by atoms with Crippen LogP contribution in [0.2, 0.25) is 0 Å². The summed E-state index contributed by atoms with van der Waals surface area (Å²) in [6.45, 7) is 6.19. The molecular formula is C18H17N3OS2. The normalized spacial score (nSPS) is 11.7. The zero-order chi connectivity index (χ0) is 16.8. The van der Waals surface area contributed by atoms with E-state index in [0.29, 0.717) is 5.69 Å². The van der Waals surface area contributed by atoms with Crippen LogP contribution in [0.1, 0.15) is 35.4 Å². The van der Waals surface area contributed by atoms with Crippen LogP contribution in [0.5, 0.6) is 0 Å². The second-order valence-corrected chi connectivity index (χ2v) is 8.22. The van der Waals surface area contributed by atoms with E-state index in [0.717, 1.165) is 31.1 Å². The molecule has 6 heteroatoms. The molecule has 1 aromatic carbocycles. The third-order valence-corrected chi connectivity index (χ3v) is 5.75. The zero-order valence-corrected chi connectivity index (χ0v) is 15.3. The molecule has 4 rings (SSSR count). The number of benzene rings is 1. The SMILES string of the molecule is Cc1nc2ccc(NC(=O)c3cc4sccc4n3C(C)C)cc2s1. The standard InChI is InChI=1S/C18H17N3OS2/c1-10(2)21-14-6-7-23-17(14)9-15(21)18(22)20-12-4-5-13-16(8-12)24-11(3)19-13/h4-10H,1-3H3,(H,20,22). The Bertz CT molecular complexity index is 1050. The van der Waals surface area contributed by atoms with Gasteiger partial charge in [0.1, 0.15) is 5.69 Å². The quantitative estimate of drug-likeness (QED) is 0.531. The van der Waals surface area contributed by atoms with E-state index >= 15 is 0 Å². The molecule has 4 aromatic rings. The first-order chi connectivity index (χ1) is 11.5. The molecule has 0 unspecified atom stereocenters. The van der Waals surface area contributed by atoms with E-state index in [4.69, 9.17) is 0 Å². The molecule has 0 radical (unpaired) electrons. The van der Waals surface area contributed by atoms with Crippen molar-refractivity contribution in [2.45, 2.75) is 26.8 Å². The van der Waals surface area contributed by atoms with Crippen LogP contribution in [-0.2, 0) is 0 Å². The zero-order valence-electron chi connectivity index (χ0n) is 13.7. The van der Waals surface area contributed by atoms with Crippen molar-refractivity contribution in [3.05, 3.63) is 46.4 Å². The Morgan fingerprint density at radius 1 is 1.21 bits per heavy atom. The summed E-state index contributed by atoms with van der Waals surface area (Å²) in [5.41, 5.74) is 3.60. The summed E-state index contributed by atoms with van der Waals surface area (Å²) in [6, 6.07) is 10.1. The highest BCUT2D eigenvalue weighted by Crippen LogP contribution is 2.29.